The van der Waals surface area contributed by atoms with Gasteiger partial charge in [-0.25, -0.2) is 0 Å². The number of hydrogen-bond donors (Lipinski definition) is 0. The maximum Gasteiger partial charge on any atom is 0.102 e. The van der Waals surface area contributed by atoms with Gasteiger partial charge in [-0.3, -0.25) is 4.68 Å². The summed E-state index contributed by atoms with van der Waals surface area (Å²) in [6, 6.07) is 2.23. The molecule has 4 saturated carbocycles. The first-order valence-corrected chi connectivity index (χ1v) is 12.7. The second-order valence-electron chi connectivity index (χ2n) is 11.7. The molecule has 4 nitrogen and oxygen atoms in total. The topological polar surface area (TPSA) is 50.8 Å². The molecule has 1 saturated heterocycles. The maximum atomic E-state index is 9.17. The van der Waals surface area contributed by atoms with E-state index in [0.29, 0.717) is 5.56 Å². The number of nitrogens with zero attached hydrogens (tertiary/aromatic N) is 3. The Labute approximate surface area is 181 Å². The smallest absolute Gasteiger partial charge is 0.102 e. The summed E-state index contributed by atoms with van der Waals surface area (Å²) in [5.41, 5.74) is 0.927. The van der Waals surface area contributed by atoms with Gasteiger partial charge in [0.15, 0.2) is 0 Å². The molecule has 5 aliphatic rings. The number of aromatic nitrogens is 2. The van der Waals surface area contributed by atoms with E-state index < -0.39 is 0 Å². The first-order chi connectivity index (χ1) is 14.7. The highest BCUT2D eigenvalue weighted by Gasteiger charge is 2.57. The van der Waals surface area contributed by atoms with E-state index in [2.05, 4.69) is 18.1 Å². The highest BCUT2D eigenvalue weighted by molar-refractivity contribution is 5.21. The molecule has 1 aliphatic heterocycles. The molecule has 0 aromatic carbocycles. The van der Waals surface area contributed by atoms with Crippen molar-refractivity contribution >= 4 is 0 Å². The van der Waals surface area contributed by atoms with Crippen LogP contribution >= 0.6 is 0 Å². The Morgan fingerprint density at radius 3 is 2.47 bits per heavy atom. The van der Waals surface area contributed by atoms with Crippen LogP contribution in [0.2, 0.25) is 0 Å². The van der Waals surface area contributed by atoms with Crippen LogP contribution in [0.1, 0.15) is 70.3 Å². The lowest BCUT2D eigenvalue weighted by atomic mass is 9.51. The van der Waals surface area contributed by atoms with Crippen molar-refractivity contribution in [3.63, 3.8) is 0 Å². The van der Waals surface area contributed by atoms with Crippen LogP contribution in [0.5, 0.6) is 0 Å². The van der Waals surface area contributed by atoms with Crippen molar-refractivity contribution in [2.75, 3.05) is 13.2 Å². The molecule has 2 heterocycles. The van der Waals surface area contributed by atoms with Crippen molar-refractivity contribution in [1.29, 1.82) is 5.26 Å². The molecule has 0 N–H and O–H groups in total. The van der Waals surface area contributed by atoms with E-state index in [1.54, 1.807) is 6.20 Å². The molecule has 0 bridgehead atoms. The Bertz CT molecular complexity index is 820. The summed E-state index contributed by atoms with van der Waals surface area (Å²) in [5, 5.41) is 13.6. The molecule has 162 valence electrons. The summed E-state index contributed by atoms with van der Waals surface area (Å²) >= 11 is 0. The standard InChI is InChI=1S/C26H37N3O/c1-17-2-4-20-19(10-17)3-5-22-21(20)6-7-24-23(22)8-9-25(24)26(15-30-16-26)14-29-13-18(11-27)12-28-29/h12-13,17,19-25H,2-10,14-16H2,1H3/t17-,19?,20?,21-,22?,23+,24?,25+/m1/s1. The molecule has 0 spiro atoms. The summed E-state index contributed by atoms with van der Waals surface area (Å²) in [4.78, 5) is 0. The van der Waals surface area contributed by atoms with Gasteiger partial charge in [-0.05, 0) is 98.7 Å². The summed E-state index contributed by atoms with van der Waals surface area (Å²) in [7, 11) is 0. The average Bonchev–Trinajstić information content (AvgIpc) is 3.37. The normalized spacial score (nSPS) is 44.3. The fourth-order valence-corrected chi connectivity index (χ4v) is 9.12. The van der Waals surface area contributed by atoms with Gasteiger partial charge in [-0.2, -0.15) is 10.4 Å². The molecule has 6 rings (SSSR count). The average molecular weight is 408 g/mol. The van der Waals surface area contributed by atoms with Crippen molar-refractivity contribution in [2.24, 2.45) is 52.8 Å². The third-order valence-corrected chi connectivity index (χ3v) is 10.3. The minimum Gasteiger partial charge on any atom is -0.380 e. The zero-order valence-electron chi connectivity index (χ0n) is 18.5. The molecule has 8 atom stereocenters. The van der Waals surface area contributed by atoms with E-state index in [1.807, 2.05) is 10.9 Å². The van der Waals surface area contributed by atoms with Gasteiger partial charge in [0.1, 0.15) is 6.07 Å². The van der Waals surface area contributed by atoms with Gasteiger partial charge in [0.25, 0.3) is 0 Å². The maximum absolute atomic E-state index is 9.17. The largest absolute Gasteiger partial charge is 0.380 e. The fourth-order valence-electron chi connectivity index (χ4n) is 9.12. The van der Waals surface area contributed by atoms with E-state index >= 15 is 0 Å². The number of rotatable bonds is 3. The Kier molecular flexibility index (Phi) is 4.75. The Hall–Kier alpha value is -1.34. The SMILES string of the molecule is C[C@@H]1CCC2C(CCC3[C@@H]2CCC2[C@H]3CC[C@@H]2C2(Cn3cc(C#N)cn3)COC2)C1. The molecule has 4 unspecified atom stereocenters. The molecule has 4 aliphatic carbocycles. The molecular weight excluding hydrogens is 370 g/mol. The second-order valence-corrected chi connectivity index (χ2v) is 11.7. The highest BCUT2D eigenvalue weighted by atomic mass is 16.5. The van der Waals surface area contributed by atoms with Gasteiger partial charge < -0.3 is 4.74 Å². The Morgan fingerprint density at radius 1 is 1.00 bits per heavy atom. The van der Waals surface area contributed by atoms with E-state index in [1.165, 1.54) is 57.8 Å². The monoisotopic (exact) mass is 407 g/mol. The molecule has 1 aromatic heterocycles. The van der Waals surface area contributed by atoms with Crippen LogP contribution in [0.4, 0.5) is 0 Å². The van der Waals surface area contributed by atoms with Gasteiger partial charge in [-0.15, -0.1) is 0 Å². The molecule has 4 heteroatoms. The summed E-state index contributed by atoms with van der Waals surface area (Å²) in [6.07, 6.45) is 17.0. The van der Waals surface area contributed by atoms with Gasteiger partial charge >= 0.3 is 0 Å². The number of nitriles is 1. The third kappa shape index (κ3) is 2.99. The fraction of sp³-hybridized carbons (Fsp3) is 0.846. The van der Waals surface area contributed by atoms with Crippen LogP contribution in [-0.4, -0.2) is 23.0 Å². The first-order valence-electron chi connectivity index (χ1n) is 12.7. The minimum absolute atomic E-state index is 0.252. The van der Waals surface area contributed by atoms with Crippen LogP contribution in [0.3, 0.4) is 0 Å². The zero-order chi connectivity index (χ0) is 20.3. The molecule has 30 heavy (non-hydrogen) atoms. The van der Waals surface area contributed by atoms with Crippen LogP contribution in [0, 0.1) is 64.1 Å². The van der Waals surface area contributed by atoms with E-state index in [9.17, 15) is 0 Å². The van der Waals surface area contributed by atoms with Crippen molar-refractivity contribution in [3.05, 3.63) is 18.0 Å². The summed E-state index contributed by atoms with van der Waals surface area (Å²) in [6.45, 7) is 5.19. The quantitative estimate of drug-likeness (QED) is 0.684. The van der Waals surface area contributed by atoms with E-state index in [0.717, 1.165) is 67.1 Å². The summed E-state index contributed by atoms with van der Waals surface area (Å²) in [5.74, 6) is 7.77. The van der Waals surface area contributed by atoms with Gasteiger partial charge in [0.2, 0.25) is 0 Å². The molecular formula is C26H37N3O. The predicted molar refractivity (Wildman–Crippen MR) is 115 cm³/mol. The first kappa shape index (κ1) is 19.4. The molecule has 5 fully saturated rings. The van der Waals surface area contributed by atoms with E-state index in [4.69, 9.17) is 10.00 Å². The van der Waals surface area contributed by atoms with Gasteiger partial charge in [0.05, 0.1) is 31.5 Å². The minimum atomic E-state index is 0.252. The molecule has 0 radical (unpaired) electrons. The zero-order valence-corrected chi connectivity index (χ0v) is 18.5. The Morgan fingerprint density at radius 2 is 1.70 bits per heavy atom. The van der Waals surface area contributed by atoms with Gasteiger partial charge in [-0.1, -0.05) is 13.3 Å². The molecule has 0 amide bonds. The van der Waals surface area contributed by atoms with E-state index in [-0.39, 0.29) is 5.41 Å². The van der Waals surface area contributed by atoms with Gasteiger partial charge in [0, 0.05) is 11.6 Å². The Balaban J connectivity index is 1.19. The number of ether oxygens (including phenoxy) is 1. The van der Waals surface area contributed by atoms with Crippen molar-refractivity contribution in [2.45, 2.75) is 71.3 Å². The highest BCUT2D eigenvalue weighted by Crippen LogP contribution is 2.62. The second kappa shape index (κ2) is 7.37. The molecule has 1 aromatic rings. The van der Waals surface area contributed by atoms with Crippen molar-refractivity contribution < 1.29 is 4.74 Å². The third-order valence-electron chi connectivity index (χ3n) is 10.3. The lowest BCUT2D eigenvalue weighted by Crippen LogP contribution is -2.54. The van der Waals surface area contributed by atoms with Crippen LogP contribution < -0.4 is 0 Å². The predicted octanol–water partition coefficient (Wildman–Crippen LogP) is 5.29. The van der Waals surface area contributed by atoms with Crippen molar-refractivity contribution in [1.82, 2.24) is 9.78 Å². The number of fused-ring (bicyclic) bond motifs is 5. The lowest BCUT2D eigenvalue weighted by molar-refractivity contribution is -0.171. The van der Waals surface area contributed by atoms with Crippen LogP contribution in [0.25, 0.3) is 0 Å². The lowest BCUT2D eigenvalue weighted by Gasteiger charge is -2.55. The van der Waals surface area contributed by atoms with Crippen LogP contribution in [0.15, 0.2) is 12.4 Å². The summed E-state index contributed by atoms with van der Waals surface area (Å²) < 4.78 is 7.84. The number of hydrogen-bond acceptors (Lipinski definition) is 3. The van der Waals surface area contributed by atoms with Crippen LogP contribution in [-0.2, 0) is 11.3 Å². The van der Waals surface area contributed by atoms with Crippen molar-refractivity contribution in [3.8, 4) is 6.07 Å².